The lowest BCUT2D eigenvalue weighted by Crippen LogP contribution is -2.11. The van der Waals surface area contributed by atoms with Crippen LogP contribution in [0.5, 0.6) is 0 Å². The Balaban J connectivity index is 2.28. The molecule has 1 N–H and O–H groups in total. The maximum Gasteiger partial charge on any atom is 0.196 e. The second-order valence-corrected chi connectivity index (χ2v) is 4.82. The van der Waals surface area contributed by atoms with Gasteiger partial charge in [0.15, 0.2) is 5.78 Å². The van der Waals surface area contributed by atoms with Gasteiger partial charge in [0.1, 0.15) is 5.82 Å². The minimum absolute atomic E-state index is 0.0233. The molecule has 0 spiro atoms. The van der Waals surface area contributed by atoms with Gasteiger partial charge in [0.25, 0.3) is 0 Å². The number of ketones is 1. The van der Waals surface area contributed by atoms with Gasteiger partial charge in [-0.1, -0.05) is 37.6 Å². The zero-order valence-electron chi connectivity index (χ0n) is 12.0. The van der Waals surface area contributed by atoms with Crippen molar-refractivity contribution < 1.29 is 4.79 Å². The van der Waals surface area contributed by atoms with Gasteiger partial charge >= 0.3 is 0 Å². The van der Waals surface area contributed by atoms with Crippen LogP contribution in [0, 0.1) is 6.92 Å². The number of aromatic nitrogens is 1. The Morgan fingerprint density at radius 2 is 1.90 bits per heavy atom. The second-order valence-electron chi connectivity index (χ2n) is 4.82. The molecule has 2 aromatic rings. The monoisotopic (exact) mass is 268 g/mol. The van der Waals surface area contributed by atoms with Crippen molar-refractivity contribution in [1.29, 1.82) is 0 Å². The van der Waals surface area contributed by atoms with Crippen molar-refractivity contribution in [2.75, 3.05) is 11.9 Å². The molecule has 1 heterocycles. The zero-order chi connectivity index (χ0) is 14.4. The van der Waals surface area contributed by atoms with Crippen LogP contribution in [0.2, 0.25) is 0 Å². The maximum atomic E-state index is 12.6. The molecular weight excluding hydrogens is 248 g/mol. The summed E-state index contributed by atoms with van der Waals surface area (Å²) in [7, 11) is 0. The number of hydrogen-bond acceptors (Lipinski definition) is 3. The van der Waals surface area contributed by atoms with Crippen LogP contribution in [0.15, 0.2) is 42.6 Å². The molecule has 0 amide bonds. The van der Waals surface area contributed by atoms with Gasteiger partial charge in [-0.15, -0.1) is 0 Å². The first-order valence-electron chi connectivity index (χ1n) is 7.03. The third-order valence-corrected chi connectivity index (χ3v) is 3.26. The third kappa shape index (κ3) is 3.23. The van der Waals surface area contributed by atoms with Gasteiger partial charge in [-0.3, -0.25) is 4.79 Å². The fraction of sp³-hybridized carbons (Fsp3) is 0.294. The Hall–Kier alpha value is -2.16. The van der Waals surface area contributed by atoms with Gasteiger partial charge in [-0.2, -0.15) is 0 Å². The van der Waals surface area contributed by atoms with E-state index in [9.17, 15) is 4.79 Å². The first-order chi connectivity index (χ1) is 9.74. The number of nitrogens with one attached hydrogen (secondary N) is 1. The summed E-state index contributed by atoms with van der Waals surface area (Å²) in [4.78, 5) is 16.9. The lowest BCUT2D eigenvalue weighted by Gasteiger charge is -2.11. The van der Waals surface area contributed by atoms with Gasteiger partial charge in [-0.25, -0.2) is 4.98 Å². The van der Waals surface area contributed by atoms with Crippen LogP contribution in [0.1, 0.15) is 41.3 Å². The number of carbonyl (C=O) groups excluding carboxylic acids is 1. The standard InChI is InChI=1S/C17H20N2O/c1-3-4-11-18-17-15(10-7-12-19-17)16(20)14-9-6-5-8-13(14)2/h5-10,12H,3-4,11H2,1-2H3,(H,18,19). The number of aryl methyl sites for hydroxylation is 1. The van der Waals surface area contributed by atoms with Crippen LogP contribution >= 0.6 is 0 Å². The number of unbranched alkanes of at least 4 members (excludes halogenated alkanes) is 1. The summed E-state index contributed by atoms with van der Waals surface area (Å²) in [6.07, 6.45) is 3.89. The van der Waals surface area contributed by atoms with E-state index in [1.807, 2.05) is 37.3 Å². The van der Waals surface area contributed by atoms with Crippen molar-refractivity contribution in [3.63, 3.8) is 0 Å². The predicted molar refractivity (Wildman–Crippen MR) is 82.2 cm³/mol. The highest BCUT2D eigenvalue weighted by Crippen LogP contribution is 2.19. The number of hydrogen-bond donors (Lipinski definition) is 1. The molecule has 3 heteroatoms. The Morgan fingerprint density at radius 1 is 1.15 bits per heavy atom. The highest BCUT2D eigenvalue weighted by Gasteiger charge is 2.15. The molecule has 2 rings (SSSR count). The number of rotatable bonds is 6. The normalized spacial score (nSPS) is 10.3. The summed E-state index contributed by atoms with van der Waals surface area (Å²) >= 11 is 0. The average molecular weight is 268 g/mol. The molecule has 0 atom stereocenters. The molecule has 0 aliphatic carbocycles. The quantitative estimate of drug-likeness (QED) is 0.639. The van der Waals surface area contributed by atoms with Crippen LogP contribution in [-0.4, -0.2) is 17.3 Å². The lowest BCUT2D eigenvalue weighted by molar-refractivity contribution is 0.103. The maximum absolute atomic E-state index is 12.6. The Kier molecular flexibility index (Phi) is 4.88. The molecule has 3 nitrogen and oxygen atoms in total. The van der Waals surface area contributed by atoms with Crippen molar-refractivity contribution >= 4 is 11.6 Å². The molecule has 1 aromatic heterocycles. The molecule has 104 valence electrons. The van der Waals surface area contributed by atoms with Gasteiger partial charge in [-0.05, 0) is 31.0 Å². The number of anilines is 1. The van der Waals surface area contributed by atoms with E-state index in [4.69, 9.17) is 0 Å². The molecule has 20 heavy (non-hydrogen) atoms. The SMILES string of the molecule is CCCCNc1ncccc1C(=O)c1ccccc1C. The van der Waals surface area contributed by atoms with Crippen molar-refractivity contribution in [2.45, 2.75) is 26.7 Å². The first kappa shape index (κ1) is 14.3. The van der Waals surface area contributed by atoms with E-state index in [1.54, 1.807) is 12.3 Å². The van der Waals surface area contributed by atoms with Crippen LogP contribution in [0.4, 0.5) is 5.82 Å². The molecule has 0 saturated heterocycles. The van der Waals surface area contributed by atoms with Crippen LogP contribution in [0.25, 0.3) is 0 Å². The van der Waals surface area contributed by atoms with Crippen molar-refractivity contribution in [3.05, 3.63) is 59.3 Å². The first-order valence-corrected chi connectivity index (χ1v) is 7.03. The predicted octanol–water partition coefficient (Wildman–Crippen LogP) is 3.83. The van der Waals surface area contributed by atoms with E-state index in [0.717, 1.165) is 30.5 Å². The Labute approximate surface area is 120 Å². The van der Waals surface area contributed by atoms with Gasteiger partial charge in [0, 0.05) is 18.3 Å². The summed E-state index contributed by atoms with van der Waals surface area (Å²) in [5.41, 5.74) is 2.36. The molecule has 0 radical (unpaired) electrons. The second kappa shape index (κ2) is 6.85. The molecular formula is C17H20N2O. The largest absolute Gasteiger partial charge is 0.369 e. The van der Waals surface area contributed by atoms with Gasteiger partial charge in [0.2, 0.25) is 0 Å². The van der Waals surface area contributed by atoms with E-state index < -0.39 is 0 Å². The van der Waals surface area contributed by atoms with Gasteiger partial charge in [0.05, 0.1) is 5.56 Å². The number of pyridine rings is 1. The number of carbonyl (C=O) groups is 1. The Bertz CT molecular complexity index is 593. The number of nitrogens with zero attached hydrogens (tertiary/aromatic N) is 1. The topological polar surface area (TPSA) is 42.0 Å². The molecule has 1 aromatic carbocycles. The highest BCUT2D eigenvalue weighted by atomic mass is 16.1. The molecule has 0 unspecified atom stereocenters. The minimum atomic E-state index is 0.0233. The van der Waals surface area contributed by atoms with E-state index >= 15 is 0 Å². The summed E-state index contributed by atoms with van der Waals surface area (Å²) in [6, 6.07) is 11.3. The van der Waals surface area contributed by atoms with Crippen molar-refractivity contribution in [1.82, 2.24) is 4.98 Å². The molecule has 0 aliphatic rings. The van der Waals surface area contributed by atoms with E-state index in [-0.39, 0.29) is 5.78 Å². The zero-order valence-corrected chi connectivity index (χ0v) is 12.0. The minimum Gasteiger partial charge on any atom is -0.369 e. The molecule has 0 fully saturated rings. The smallest absolute Gasteiger partial charge is 0.196 e. The van der Waals surface area contributed by atoms with Crippen LogP contribution in [0.3, 0.4) is 0 Å². The Morgan fingerprint density at radius 3 is 2.65 bits per heavy atom. The molecule has 0 aliphatic heterocycles. The van der Waals surface area contributed by atoms with E-state index in [2.05, 4.69) is 17.2 Å². The van der Waals surface area contributed by atoms with E-state index in [1.165, 1.54) is 0 Å². The van der Waals surface area contributed by atoms with Crippen LogP contribution < -0.4 is 5.32 Å². The summed E-state index contributed by atoms with van der Waals surface area (Å²) in [6.45, 7) is 4.93. The fourth-order valence-corrected chi connectivity index (χ4v) is 2.09. The molecule has 0 saturated carbocycles. The third-order valence-electron chi connectivity index (χ3n) is 3.26. The van der Waals surface area contributed by atoms with Crippen molar-refractivity contribution in [3.8, 4) is 0 Å². The molecule has 0 bridgehead atoms. The van der Waals surface area contributed by atoms with E-state index in [0.29, 0.717) is 11.4 Å². The van der Waals surface area contributed by atoms with Gasteiger partial charge < -0.3 is 5.32 Å². The fourth-order valence-electron chi connectivity index (χ4n) is 2.09. The lowest BCUT2D eigenvalue weighted by atomic mass is 9.99. The van der Waals surface area contributed by atoms with Crippen LogP contribution in [-0.2, 0) is 0 Å². The van der Waals surface area contributed by atoms with Crippen molar-refractivity contribution in [2.24, 2.45) is 0 Å². The summed E-state index contributed by atoms with van der Waals surface area (Å²) in [5, 5.41) is 3.25. The number of benzene rings is 1. The highest BCUT2D eigenvalue weighted by molar-refractivity contribution is 6.12. The average Bonchev–Trinajstić information content (AvgIpc) is 2.48. The summed E-state index contributed by atoms with van der Waals surface area (Å²) < 4.78 is 0. The summed E-state index contributed by atoms with van der Waals surface area (Å²) in [5.74, 6) is 0.699.